The molecule has 1 aromatic carbocycles. The van der Waals surface area contributed by atoms with E-state index >= 15 is 0 Å². The van der Waals surface area contributed by atoms with E-state index in [1.54, 1.807) is 32.2 Å². The topological polar surface area (TPSA) is 61.8 Å². The maximum atomic E-state index is 12.2. The Labute approximate surface area is 98.3 Å². The molecule has 0 atom stereocenters. The van der Waals surface area contributed by atoms with Gasteiger partial charge in [0.05, 0.1) is 6.54 Å². The Hall–Kier alpha value is -1.85. The minimum atomic E-state index is -2.39. The number of amidine groups is 1. The molecule has 0 aliphatic heterocycles. The molecule has 0 aliphatic carbocycles. The molecule has 4 nitrogen and oxygen atoms in total. The number of hydrogen-bond donors (Lipinski definition) is 2. The van der Waals surface area contributed by atoms with Crippen LogP contribution in [0, 0.1) is 6.92 Å². The van der Waals surface area contributed by atoms with E-state index < -0.39 is 6.43 Å². The lowest BCUT2D eigenvalue weighted by Crippen LogP contribution is -2.24. The first-order valence-corrected chi connectivity index (χ1v) is 5.03. The SMILES string of the molecule is Cc1cc(N(C)CC(F)F)ccc1/C(N)=N/O. The molecule has 0 bridgehead atoms. The number of aryl methyl sites for hydroxylation is 1. The smallest absolute Gasteiger partial charge is 0.255 e. The summed E-state index contributed by atoms with van der Waals surface area (Å²) in [5.41, 5.74) is 7.48. The molecule has 0 fully saturated rings. The number of hydrogen-bond acceptors (Lipinski definition) is 3. The van der Waals surface area contributed by atoms with E-state index in [9.17, 15) is 8.78 Å². The van der Waals surface area contributed by atoms with E-state index in [1.165, 1.54) is 4.90 Å². The summed E-state index contributed by atoms with van der Waals surface area (Å²) in [6.45, 7) is 1.44. The third-order valence-electron chi connectivity index (χ3n) is 2.45. The zero-order chi connectivity index (χ0) is 13.0. The van der Waals surface area contributed by atoms with Crippen LogP contribution in [0.15, 0.2) is 23.4 Å². The molecule has 0 radical (unpaired) electrons. The quantitative estimate of drug-likeness (QED) is 0.367. The van der Waals surface area contributed by atoms with E-state index in [2.05, 4.69) is 5.16 Å². The Morgan fingerprint density at radius 2 is 2.18 bits per heavy atom. The van der Waals surface area contributed by atoms with Crippen molar-refractivity contribution in [3.63, 3.8) is 0 Å². The number of alkyl halides is 2. The minimum Gasteiger partial charge on any atom is -0.409 e. The molecule has 0 saturated carbocycles. The summed E-state index contributed by atoms with van der Waals surface area (Å²) in [6.07, 6.45) is -2.39. The number of oxime groups is 1. The van der Waals surface area contributed by atoms with Crippen molar-refractivity contribution >= 4 is 11.5 Å². The molecule has 0 aromatic heterocycles. The number of nitrogens with zero attached hydrogens (tertiary/aromatic N) is 2. The summed E-state index contributed by atoms with van der Waals surface area (Å²) >= 11 is 0. The summed E-state index contributed by atoms with van der Waals surface area (Å²) in [7, 11) is 1.59. The van der Waals surface area contributed by atoms with Gasteiger partial charge in [0.2, 0.25) is 0 Å². The van der Waals surface area contributed by atoms with Gasteiger partial charge >= 0.3 is 0 Å². The lowest BCUT2D eigenvalue weighted by atomic mass is 10.1. The first-order chi connectivity index (χ1) is 7.95. The standard InChI is InChI=1S/C11H15F2N3O/c1-7-5-8(16(2)6-10(12)13)3-4-9(7)11(14)15-17/h3-5,10,17H,6H2,1-2H3,(H2,14,15). The van der Waals surface area contributed by atoms with Crippen LogP contribution in [0.5, 0.6) is 0 Å². The fourth-order valence-corrected chi connectivity index (χ4v) is 1.54. The van der Waals surface area contributed by atoms with Gasteiger partial charge in [-0.3, -0.25) is 0 Å². The zero-order valence-corrected chi connectivity index (χ0v) is 9.69. The number of halogens is 2. The number of benzene rings is 1. The van der Waals surface area contributed by atoms with Crippen molar-refractivity contribution in [3.8, 4) is 0 Å². The van der Waals surface area contributed by atoms with Crippen molar-refractivity contribution in [2.75, 3.05) is 18.5 Å². The Balaban J connectivity index is 2.96. The van der Waals surface area contributed by atoms with Crippen molar-refractivity contribution in [1.29, 1.82) is 0 Å². The van der Waals surface area contributed by atoms with E-state index in [1.807, 2.05) is 0 Å². The average molecular weight is 243 g/mol. The highest BCUT2D eigenvalue weighted by molar-refractivity contribution is 5.98. The van der Waals surface area contributed by atoms with Gasteiger partial charge in [-0.05, 0) is 30.7 Å². The summed E-state index contributed by atoms with van der Waals surface area (Å²) in [4.78, 5) is 1.45. The minimum absolute atomic E-state index is 0.00515. The van der Waals surface area contributed by atoms with Gasteiger partial charge in [0, 0.05) is 18.3 Å². The highest BCUT2D eigenvalue weighted by Crippen LogP contribution is 2.18. The molecule has 0 spiro atoms. The highest BCUT2D eigenvalue weighted by atomic mass is 19.3. The van der Waals surface area contributed by atoms with Gasteiger partial charge in [0.15, 0.2) is 5.84 Å². The molecule has 0 amide bonds. The Morgan fingerprint density at radius 1 is 1.53 bits per heavy atom. The summed E-state index contributed by atoms with van der Waals surface area (Å²) in [5.74, 6) is 0.00515. The van der Waals surface area contributed by atoms with Crippen molar-refractivity contribution in [1.82, 2.24) is 0 Å². The first kappa shape index (κ1) is 13.2. The van der Waals surface area contributed by atoms with E-state index in [-0.39, 0.29) is 12.4 Å². The largest absolute Gasteiger partial charge is 0.409 e. The molecule has 3 N–H and O–H groups in total. The molecule has 0 saturated heterocycles. The first-order valence-electron chi connectivity index (χ1n) is 5.03. The maximum absolute atomic E-state index is 12.2. The van der Waals surface area contributed by atoms with Gasteiger partial charge in [0.1, 0.15) is 0 Å². The van der Waals surface area contributed by atoms with Gasteiger partial charge in [-0.1, -0.05) is 5.16 Å². The molecule has 17 heavy (non-hydrogen) atoms. The second-order valence-corrected chi connectivity index (χ2v) is 3.76. The predicted octanol–water partition coefficient (Wildman–Crippen LogP) is 1.79. The van der Waals surface area contributed by atoms with E-state index in [0.29, 0.717) is 11.3 Å². The van der Waals surface area contributed by atoms with Crippen LogP contribution in [-0.2, 0) is 0 Å². The molecule has 0 aliphatic rings. The fourth-order valence-electron chi connectivity index (χ4n) is 1.54. The predicted molar refractivity (Wildman–Crippen MR) is 63.0 cm³/mol. The number of nitrogens with two attached hydrogens (primary N) is 1. The zero-order valence-electron chi connectivity index (χ0n) is 9.69. The van der Waals surface area contributed by atoms with E-state index in [0.717, 1.165) is 5.56 Å². The second kappa shape index (κ2) is 5.47. The highest BCUT2D eigenvalue weighted by Gasteiger charge is 2.10. The molecular weight excluding hydrogens is 228 g/mol. The molecule has 1 aromatic rings. The second-order valence-electron chi connectivity index (χ2n) is 3.76. The van der Waals surface area contributed by atoms with Crippen LogP contribution in [-0.4, -0.2) is 31.1 Å². The van der Waals surface area contributed by atoms with Crippen LogP contribution in [0.2, 0.25) is 0 Å². The Morgan fingerprint density at radius 3 is 2.65 bits per heavy atom. The van der Waals surface area contributed by atoms with Gasteiger partial charge in [-0.15, -0.1) is 0 Å². The maximum Gasteiger partial charge on any atom is 0.255 e. The molecular formula is C11H15F2N3O. The molecule has 1 rings (SSSR count). The molecule has 0 unspecified atom stereocenters. The fraction of sp³-hybridized carbons (Fsp3) is 0.364. The lowest BCUT2D eigenvalue weighted by Gasteiger charge is -2.19. The van der Waals surface area contributed by atoms with Gasteiger partial charge in [-0.25, -0.2) is 8.78 Å². The van der Waals surface area contributed by atoms with Crippen LogP contribution in [0.1, 0.15) is 11.1 Å². The third kappa shape index (κ3) is 3.30. The lowest BCUT2D eigenvalue weighted by molar-refractivity contribution is 0.156. The molecule has 6 heteroatoms. The number of rotatable bonds is 4. The van der Waals surface area contributed by atoms with Crippen LogP contribution in [0.25, 0.3) is 0 Å². The third-order valence-corrected chi connectivity index (χ3v) is 2.45. The van der Waals surface area contributed by atoms with Crippen molar-refractivity contribution in [2.24, 2.45) is 10.9 Å². The van der Waals surface area contributed by atoms with Crippen LogP contribution in [0.4, 0.5) is 14.5 Å². The van der Waals surface area contributed by atoms with E-state index in [4.69, 9.17) is 10.9 Å². The molecule has 0 heterocycles. The van der Waals surface area contributed by atoms with Crippen LogP contribution >= 0.6 is 0 Å². The van der Waals surface area contributed by atoms with Gasteiger partial charge < -0.3 is 15.8 Å². The average Bonchev–Trinajstić information content (AvgIpc) is 2.27. The Kier molecular flexibility index (Phi) is 4.25. The summed E-state index contributed by atoms with van der Waals surface area (Å²) in [5, 5.41) is 11.5. The van der Waals surface area contributed by atoms with Crippen molar-refractivity contribution in [2.45, 2.75) is 13.3 Å². The van der Waals surface area contributed by atoms with Crippen LogP contribution in [0.3, 0.4) is 0 Å². The Bertz CT molecular complexity index is 421. The summed E-state index contributed by atoms with van der Waals surface area (Å²) < 4.78 is 24.4. The summed E-state index contributed by atoms with van der Waals surface area (Å²) in [6, 6.07) is 5.01. The van der Waals surface area contributed by atoms with Crippen LogP contribution < -0.4 is 10.6 Å². The monoisotopic (exact) mass is 243 g/mol. The van der Waals surface area contributed by atoms with Crippen molar-refractivity contribution < 1.29 is 14.0 Å². The van der Waals surface area contributed by atoms with Gasteiger partial charge in [-0.2, -0.15) is 0 Å². The number of anilines is 1. The van der Waals surface area contributed by atoms with Gasteiger partial charge in [0.25, 0.3) is 6.43 Å². The van der Waals surface area contributed by atoms with Crippen molar-refractivity contribution in [3.05, 3.63) is 29.3 Å². The normalized spacial score (nSPS) is 11.9. The molecule has 94 valence electrons.